The van der Waals surface area contributed by atoms with E-state index in [4.69, 9.17) is 5.73 Å². The summed E-state index contributed by atoms with van der Waals surface area (Å²) in [5.74, 6) is -0.828. The van der Waals surface area contributed by atoms with Crippen LogP contribution in [-0.2, 0) is 11.2 Å². The molecule has 2 heterocycles. The average Bonchev–Trinajstić information content (AvgIpc) is 2.47. The zero-order valence-corrected chi connectivity index (χ0v) is 12.6. The molecule has 0 aromatic heterocycles. The normalized spacial score (nSPS) is 30.3. The topological polar surface area (TPSA) is 66.6 Å². The number of hydrogen-bond acceptors (Lipinski definition) is 3. The zero-order valence-electron chi connectivity index (χ0n) is 12.6. The van der Waals surface area contributed by atoms with Gasteiger partial charge in [0.2, 0.25) is 5.91 Å². The molecule has 3 rings (SSSR count). The summed E-state index contributed by atoms with van der Waals surface area (Å²) < 4.78 is 0. The number of nitrogens with zero attached hydrogens (tertiary/aromatic N) is 1. The van der Waals surface area contributed by atoms with Crippen LogP contribution in [-0.4, -0.2) is 34.6 Å². The highest BCUT2D eigenvalue weighted by atomic mass is 16.3. The van der Waals surface area contributed by atoms with E-state index in [1.54, 1.807) is 0 Å². The third-order valence-electron chi connectivity index (χ3n) is 5.30. The van der Waals surface area contributed by atoms with Gasteiger partial charge in [0.15, 0.2) is 0 Å². The van der Waals surface area contributed by atoms with E-state index in [-0.39, 0.29) is 11.9 Å². The fraction of sp³-hybridized carbons (Fsp3) is 0.588. The van der Waals surface area contributed by atoms with E-state index in [1.165, 1.54) is 11.1 Å². The Balaban J connectivity index is 1.91. The lowest BCUT2D eigenvalue weighted by molar-refractivity contribution is -0.140. The van der Waals surface area contributed by atoms with Crippen molar-refractivity contribution in [1.82, 2.24) is 4.90 Å². The highest BCUT2D eigenvalue weighted by Gasteiger charge is 2.46. The van der Waals surface area contributed by atoms with Gasteiger partial charge in [-0.3, -0.25) is 9.69 Å². The van der Waals surface area contributed by atoms with Crippen molar-refractivity contribution in [2.75, 3.05) is 13.1 Å². The van der Waals surface area contributed by atoms with E-state index in [0.29, 0.717) is 19.3 Å². The molecule has 3 N–H and O–H groups in total. The maximum atomic E-state index is 11.7. The van der Waals surface area contributed by atoms with Crippen LogP contribution in [0.4, 0.5) is 0 Å². The Hall–Kier alpha value is -1.39. The zero-order chi connectivity index (χ0) is 15.0. The van der Waals surface area contributed by atoms with Gasteiger partial charge in [-0.2, -0.15) is 0 Å². The third kappa shape index (κ3) is 2.47. The summed E-state index contributed by atoms with van der Waals surface area (Å²) in [7, 11) is 0. The van der Waals surface area contributed by atoms with Gasteiger partial charge in [0, 0.05) is 19.1 Å². The number of primary amides is 1. The molecule has 0 radical (unpaired) electrons. The van der Waals surface area contributed by atoms with E-state index in [9.17, 15) is 9.90 Å². The molecule has 1 amide bonds. The minimum atomic E-state index is -0.966. The van der Waals surface area contributed by atoms with E-state index in [1.807, 2.05) is 6.92 Å². The molecule has 3 atom stereocenters. The van der Waals surface area contributed by atoms with Gasteiger partial charge in [0.05, 0.1) is 11.5 Å². The number of carbonyl (C=O) groups is 1. The van der Waals surface area contributed by atoms with Gasteiger partial charge in [0.1, 0.15) is 0 Å². The molecule has 4 nitrogen and oxygen atoms in total. The van der Waals surface area contributed by atoms with Crippen molar-refractivity contribution >= 4 is 5.91 Å². The molecule has 1 fully saturated rings. The van der Waals surface area contributed by atoms with Gasteiger partial charge < -0.3 is 10.8 Å². The molecule has 4 heteroatoms. The van der Waals surface area contributed by atoms with Crippen molar-refractivity contribution in [2.24, 2.45) is 11.7 Å². The van der Waals surface area contributed by atoms with Gasteiger partial charge in [-0.05, 0) is 36.8 Å². The maximum Gasteiger partial charge on any atom is 0.223 e. The molecule has 0 spiro atoms. The predicted molar refractivity (Wildman–Crippen MR) is 81.6 cm³/mol. The van der Waals surface area contributed by atoms with E-state index in [2.05, 4.69) is 29.2 Å². The second kappa shape index (κ2) is 5.43. The van der Waals surface area contributed by atoms with E-state index < -0.39 is 11.5 Å². The van der Waals surface area contributed by atoms with E-state index in [0.717, 1.165) is 19.5 Å². The standard InChI is InChI=1S/C17H24N2O2/c1-2-14(16(18)20)17(21)8-10-19-9-7-12-5-3-4-6-13(12)15(19)11-17/h3-6,14-15,21H,2,7-11H2,1H3,(H2,18,20)/t14-,15-,17+/m1/s1. The van der Waals surface area contributed by atoms with Crippen LogP contribution in [0.2, 0.25) is 0 Å². The molecule has 21 heavy (non-hydrogen) atoms. The average molecular weight is 288 g/mol. The number of benzene rings is 1. The van der Waals surface area contributed by atoms with Crippen LogP contribution in [0.3, 0.4) is 0 Å². The minimum Gasteiger partial charge on any atom is -0.389 e. The molecular weight excluding hydrogens is 264 g/mol. The van der Waals surface area contributed by atoms with Crippen molar-refractivity contribution < 1.29 is 9.90 Å². The van der Waals surface area contributed by atoms with Crippen LogP contribution in [0.25, 0.3) is 0 Å². The number of piperidine rings is 1. The molecule has 0 bridgehead atoms. The van der Waals surface area contributed by atoms with Crippen molar-refractivity contribution in [2.45, 2.75) is 44.2 Å². The van der Waals surface area contributed by atoms with Crippen LogP contribution < -0.4 is 5.73 Å². The van der Waals surface area contributed by atoms with Crippen molar-refractivity contribution in [3.05, 3.63) is 35.4 Å². The Morgan fingerprint density at radius 2 is 2.24 bits per heavy atom. The molecular formula is C17H24N2O2. The van der Waals surface area contributed by atoms with Gasteiger partial charge in [-0.25, -0.2) is 0 Å². The summed E-state index contributed by atoms with van der Waals surface area (Å²) in [5, 5.41) is 11.0. The van der Waals surface area contributed by atoms with Gasteiger partial charge in [-0.1, -0.05) is 31.2 Å². The fourth-order valence-electron chi connectivity index (χ4n) is 4.15. The van der Waals surface area contributed by atoms with Crippen LogP contribution in [0.1, 0.15) is 43.4 Å². The number of amides is 1. The quantitative estimate of drug-likeness (QED) is 0.888. The van der Waals surface area contributed by atoms with Crippen LogP contribution in [0.15, 0.2) is 24.3 Å². The molecule has 0 saturated carbocycles. The number of aliphatic hydroxyl groups is 1. The Kier molecular flexibility index (Phi) is 3.76. The number of carbonyl (C=O) groups excluding carboxylic acids is 1. The smallest absolute Gasteiger partial charge is 0.223 e. The Morgan fingerprint density at radius 3 is 2.95 bits per heavy atom. The molecule has 1 saturated heterocycles. The molecule has 2 aliphatic rings. The molecule has 114 valence electrons. The predicted octanol–water partition coefficient (Wildman–Crippen LogP) is 1.62. The highest BCUT2D eigenvalue weighted by Crippen LogP contribution is 2.44. The van der Waals surface area contributed by atoms with Crippen LogP contribution in [0.5, 0.6) is 0 Å². The lowest BCUT2D eigenvalue weighted by Crippen LogP contribution is -2.54. The summed E-state index contributed by atoms with van der Waals surface area (Å²) in [6, 6.07) is 8.67. The molecule has 2 aliphatic heterocycles. The van der Waals surface area contributed by atoms with Gasteiger partial charge in [0.25, 0.3) is 0 Å². The summed E-state index contributed by atoms with van der Waals surface area (Å²) in [5.41, 5.74) is 7.22. The SMILES string of the molecule is CC[C@H](C(N)=O)[C@]1(O)CCN2CCc3ccccc3[C@H]2C1. The Bertz CT molecular complexity index is 545. The summed E-state index contributed by atoms with van der Waals surface area (Å²) in [6.07, 6.45) is 2.90. The first-order valence-electron chi connectivity index (χ1n) is 7.88. The Morgan fingerprint density at radius 1 is 1.48 bits per heavy atom. The summed E-state index contributed by atoms with van der Waals surface area (Å²) in [4.78, 5) is 14.1. The molecule has 0 unspecified atom stereocenters. The lowest BCUT2D eigenvalue weighted by atomic mass is 9.72. The first-order chi connectivity index (χ1) is 10.0. The fourth-order valence-corrected chi connectivity index (χ4v) is 4.15. The maximum absolute atomic E-state index is 11.7. The van der Waals surface area contributed by atoms with Crippen molar-refractivity contribution in [1.29, 1.82) is 0 Å². The lowest BCUT2D eigenvalue weighted by Gasteiger charge is -2.49. The summed E-state index contributed by atoms with van der Waals surface area (Å²) in [6.45, 7) is 3.79. The number of rotatable bonds is 3. The van der Waals surface area contributed by atoms with Crippen molar-refractivity contribution in [3.8, 4) is 0 Å². The third-order valence-corrected chi connectivity index (χ3v) is 5.30. The molecule has 1 aromatic carbocycles. The second-order valence-corrected chi connectivity index (χ2v) is 6.42. The molecule has 0 aliphatic carbocycles. The number of fused-ring (bicyclic) bond motifs is 3. The van der Waals surface area contributed by atoms with Gasteiger partial charge >= 0.3 is 0 Å². The van der Waals surface area contributed by atoms with Crippen molar-refractivity contribution in [3.63, 3.8) is 0 Å². The first-order valence-corrected chi connectivity index (χ1v) is 7.88. The van der Waals surface area contributed by atoms with Crippen LogP contribution >= 0.6 is 0 Å². The number of nitrogens with two attached hydrogens (primary N) is 1. The minimum absolute atomic E-state index is 0.210. The molecule has 1 aromatic rings. The monoisotopic (exact) mass is 288 g/mol. The first kappa shape index (κ1) is 14.5. The second-order valence-electron chi connectivity index (χ2n) is 6.42. The largest absolute Gasteiger partial charge is 0.389 e. The Labute approximate surface area is 125 Å². The number of hydrogen-bond donors (Lipinski definition) is 2. The summed E-state index contributed by atoms with van der Waals surface area (Å²) >= 11 is 0. The van der Waals surface area contributed by atoms with Gasteiger partial charge in [-0.15, -0.1) is 0 Å². The highest BCUT2D eigenvalue weighted by molar-refractivity contribution is 5.78. The van der Waals surface area contributed by atoms with E-state index >= 15 is 0 Å². The van der Waals surface area contributed by atoms with Crippen LogP contribution in [0, 0.1) is 5.92 Å².